The third-order valence-electron chi connectivity index (χ3n) is 7.40. The van der Waals surface area contributed by atoms with Crippen molar-refractivity contribution in [1.29, 1.82) is 0 Å². The van der Waals surface area contributed by atoms with Crippen LogP contribution in [0, 0.1) is 5.41 Å². The number of aromatic nitrogens is 1. The van der Waals surface area contributed by atoms with Gasteiger partial charge in [-0.15, -0.1) is 0 Å². The van der Waals surface area contributed by atoms with Gasteiger partial charge in [-0.25, -0.2) is 4.79 Å². The molecule has 1 saturated carbocycles. The smallest absolute Gasteiger partial charge is 0.321 e. The fraction of sp³-hybridized carbons (Fsp3) is 0.480. The van der Waals surface area contributed by atoms with Gasteiger partial charge in [0.05, 0.1) is 11.5 Å². The molecule has 3 amide bonds. The number of hydrogen-bond donors (Lipinski definition) is 1. The molecule has 1 aromatic carbocycles. The molecule has 2 saturated heterocycles. The molecule has 2 aromatic rings. The summed E-state index contributed by atoms with van der Waals surface area (Å²) in [6.45, 7) is 1.34. The number of carbonyl (C=O) groups excluding carboxylic acids is 2. The van der Waals surface area contributed by atoms with Gasteiger partial charge in [-0.05, 0) is 55.5 Å². The molecule has 1 spiro atoms. The highest BCUT2D eigenvalue weighted by Crippen LogP contribution is 2.59. The number of piperidine rings is 1. The van der Waals surface area contributed by atoms with Crippen LogP contribution in [0.4, 0.5) is 10.5 Å². The van der Waals surface area contributed by atoms with E-state index < -0.39 is 0 Å². The number of β-lactam (4-membered cyclic amide) rings is 1. The number of urea groups is 1. The van der Waals surface area contributed by atoms with Crippen LogP contribution >= 0.6 is 0 Å². The second kappa shape index (κ2) is 8.33. The number of hydrogen-bond acceptors (Lipinski definition) is 3. The Morgan fingerprint density at radius 1 is 0.968 bits per heavy atom. The Hall–Kier alpha value is -2.89. The number of para-hydroxylation sites is 1. The van der Waals surface area contributed by atoms with Gasteiger partial charge in [0.1, 0.15) is 0 Å². The molecule has 0 bridgehead atoms. The van der Waals surface area contributed by atoms with E-state index in [-0.39, 0.29) is 23.5 Å². The molecule has 1 atom stereocenters. The normalized spacial score (nSPS) is 23.5. The number of amides is 3. The van der Waals surface area contributed by atoms with Crippen LogP contribution in [0.2, 0.25) is 0 Å². The fourth-order valence-electron chi connectivity index (χ4n) is 5.83. The molecule has 6 heteroatoms. The molecule has 3 heterocycles. The molecule has 162 valence electrons. The molecule has 31 heavy (non-hydrogen) atoms. The van der Waals surface area contributed by atoms with Gasteiger partial charge >= 0.3 is 6.03 Å². The van der Waals surface area contributed by atoms with Crippen LogP contribution in [0.1, 0.15) is 56.6 Å². The number of nitrogens with zero attached hydrogens (tertiary/aromatic N) is 3. The Bertz CT molecular complexity index is 919. The van der Waals surface area contributed by atoms with Gasteiger partial charge in [0.25, 0.3) is 0 Å². The maximum absolute atomic E-state index is 13.5. The minimum atomic E-state index is -0.221. The SMILES string of the molecule is O=C(Nc1ccccc1)N1CCC(N2C(=O)C3(CCCCC3)C2c2ccncc2)CC1. The zero-order valence-corrected chi connectivity index (χ0v) is 17.9. The van der Waals surface area contributed by atoms with Crippen LogP contribution in [0.25, 0.3) is 0 Å². The van der Waals surface area contributed by atoms with E-state index in [1.807, 2.05) is 47.6 Å². The van der Waals surface area contributed by atoms with Gasteiger partial charge in [-0.2, -0.15) is 0 Å². The average Bonchev–Trinajstić information content (AvgIpc) is 2.84. The van der Waals surface area contributed by atoms with Gasteiger partial charge in [-0.1, -0.05) is 37.5 Å². The van der Waals surface area contributed by atoms with Gasteiger partial charge < -0.3 is 15.1 Å². The van der Waals surface area contributed by atoms with Crippen molar-refractivity contribution < 1.29 is 9.59 Å². The van der Waals surface area contributed by atoms with Crippen molar-refractivity contribution in [3.63, 3.8) is 0 Å². The van der Waals surface area contributed by atoms with Crippen molar-refractivity contribution in [1.82, 2.24) is 14.8 Å². The highest BCUT2D eigenvalue weighted by molar-refractivity contribution is 5.91. The lowest BCUT2D eigenvalue weighted by Gasteiger charge is -2.61. The largest absolute Gasteiger partial charge is 0.331 e. The molecule has 1 unspecified atom stereocenters. The third kappa shape index (κ3) is 3.58. The zero-order valence-electron chi connectivity index (χ0n) is 17.9. The number of likely N-dealkylation sites (tertiary alicyclic amines) is 2. The van der Waals surface area contributed by atoms with E-state index in [1.54, 1.807) is 0 Å². The van der Waals surface area contributed by atoms with Crippen molar-refractivity contribution in [2.45, 2.75) is 57.0 Å². The average molecular weight is 419 g/mol. The van der Waals surface area contributed by atoms with Crippen LogP contribution < -0.4 is 5.32 Å². The summed E-state index contributed by atoms with van der Waals surface area (Å²) in [5.41, 5.74) is 1.80. The van der Waals surface area contributed by atoms with E-state index in [1.165, 1.54) is 12.0 Å². The van der Waals surface area contributed by atoms with Gasteiger partial charge in [0.2, 0.25) is 5.91 Å². The number of pyridine rings is 1. The van der Waals surface area contributed by atoms with Gasteiger partial charge in [-0.3, -0.25) is 9.78 Å². The molecular weight excluding hydrogens is 388 g/mol. The minimum Gasteiger partial charge on any atom is -0.331 e. The van der Waals surface area contributed by atoms with E-state index in [9.17, 15) is 9.59 Å². The molecule has 3 fully saturated rings. The third-order valence-corrected chi connectivity index (χ3v) is 7.40. The Labute approximate surface area is 183 Å². The number of nitrogens with one attached hydrogen (secondary N) is 1. The summed E-state index contributed by atoms with van der Waals surface area (Å²) in [7, 11) is 0. The van der Waals surface area contributed by atoms with E-state index in [2.05, 4.69) is 27.3 Å². The first kappa shape index (κ1) is 20.0. The Kier molecular flexibility index (Phi) is 5.38. The van der Waals surface area contributed by atoms with Crippen molar-refractivity contribution in [3.8, 4) is 0 Å². The van der Waals surface area contributed by atoms with Gasteiger partial charge in [0, 0.05) is 37.2 Å². The highest BCUT2D eigenvalue weighted by atomic mass is 16.2. The second-order valence-electron chi connectivity index (χ2n) is 9.13. The minimum absolute atomic E-state index is 0.0611. The second-order valence-corrected chi connectivity index (χ2v) is 9.13. The molecule has 1 aromatic heterocycles. The van der Waals surface area contributed by atoms with E-state index in [4.69, 9.17) is 0 Å². The van der Waals surface area contributed by atoms with E-state index in [0.717, 1.165) is 44.2 Å². The van der Waals surface area contributed by atoms with E-state index >= 15 is 0 Å². The molecule has 6 nitrogen and oxygen atoms in total. The summed E-state index contributed by atoms with van der Waals surface area (Å²) in [4.78, 5) is 34.3. The molecule has 1 aliphatic carbocycles. The molecular formula is C25H30N4O2. The van der Waals surface area contributed by atoms with Crippen molar-refractivity contribution in [2.24, 2.45) is 5.41 Å². The summed E-state index contributed by atoms with van der Waals surface area (Å²) < 4.78 is 0. The first-order chi connectivity index (χ1) is 15.2. The van der Waals surface area contributed by atoms with Crippen LogP contribution in [0.15, 0.2) is 54.9 Å². The van der Waals surface area contributed by atoms with Gasteiger partial charge in [0.15, 0.2) is 0 Å². The zero-order chi connectivity index (χ0) is 21.3. The number of anilines is 1. The summed E-state index contributed by atoms with van der Waals surface area (Å²) in [6.07, 6.45) is 10.8. The molecule has 0 radical (unpaired) electrons. The summed E-state index contributed by atoms with van der Waals surface area (Å²) >= 11 is 0. The molecule has 3 aliphatic rings. The monoisotopic (exact) mass is 418 g/mol. The van der Waals surface area contributed by atoms with Crippen molar-refractivity contribution in [2.75, 3.05) is 18.4 Å². The first-order valence-corrected chi connectivity index (χ1v) is 11.5. The lowest BCUT2D eigenvalue weighted by molar-refractivity contribution is -0.186. The number of rotatable bonds is 3. The van der Waals surface area contributed by atoms with Crippen LogP contribution in [0.3, 0.4) is 0 Å². The number of benzene rings is 1. The Morgan fingerprint density at radius 2 is 1.65 bits per heavy atom. The highest BCUT2D eigenvalue weighted by Gasteiger charge is 2.62. The maximum Gasteiger partial charge on any atom is 0.321 e. The fourth-order valence-corrected chi connectivity index (χ4v) is 5.83. The van der Waals surface area contributed by atoms with Crippen molar-refractivity contribution in [3.05, 3.63) is 60.4 Å². The van der Waals surface area contributed by atoms with Crippen LogP contribution in [-0.4, -0.2) is 45.9 Å². The lowest BCUT2D eigenvalue weighted by atomic mass is 9.59. The van der Waals surface area contributed by atoms with Crippen LogP contribution in [-0.2, 0) is 4.79 Å². The maximum atomic E-state index is 13.5. The summed E-state index contributed by atoms with van der Waals surface area (Å²) in [6, 6.07) is 14.0. The molecule has 1 N–H and O–H groups in total. The molecule has 5 rings (SSSR count). The van der Waals surface area contributed by atoms with E-state index in [0.29, 0.717) is 19.0 Å². The first-order valence-electron chi connectivity index (χ1n) is 11.5. The molecule has 2 aliphatic heterocycles. The van der Waals surface area contributed by atoms with Crippen molar-refractivity contribution >= 4 is 17.6 Å². The quantitative estimate of drug-likeness (QED) is 0.740. The lowest BCUT2D eigenvalue weighted by Crippen LogP contribution is -2.67. The summed E-state index contributed by atoms with van der Waals surface area (Å²) in [5.74, 6) is 0.334. The van der Waals surface area contributed by atoms with Crippen LogP contribution in [0.5, 0.6) is 0 Å². The predicted molar refractivity (Wildman–Crippen MR) is 119 cm³/mol. The predicted octanol–water partition coefficient (Wildman–Crippen LogP) is 4.61. The Morgan fingerprint density at radius 3 is 2.32 bits per heavy atom. The number of carbonyl (C=O) groups is 2. The summed E-state index contributed by atoms with van der Waals surface area (Å²) in [5, 5.41) is 2.97. The standard InChI is InChI=1S/C25H30N4O2/c30-23-25(13-5-2-6-14-25)22(19-9-15-26-16-10-19)29(23)21-11-17-28(18-12-21)24(31)27-20-7-3-1-4-8-20/h1,3-4,7-10,15-16,21-22H,2,5-6,11-14,17-18H2,(H,27,31). The Balaban J connectivity index is 1.28. The topological polar surface area (TPSA) is 65.5 Å².